The summed E-state index contributed by atoms with van der Waals surface area (Å²) in [5, 5.41) is 1.80. The molecule has 2 rings (SSSR count). The van der Waals surface area contributed by atoms with Crippen molar-refractivity contribution in [3.63, 3.8) is 0 Å². The Morgan fingerprint density at radius 1 is 1.47 bits per heavy atom. The zero-order valence-electron chi connectivity index (χ0n) is 9.51. The van der Waals surface area contributed by atoms with Crippen LogP contribution >= 0.6 is 22.9 Å². The molecule has 96 valence electrons. The van der Waals surface area contributed by atoms with Crippen molar-refractivity contribution in [3.05, 3.63) is 17.5 Å². The Kier molecular flexibility index (Phi) is 4.47. The van der Waals surface area contributed by atoms with E-state index >= 15 is 0 Å². The standard InChI is InChI=1S/C11H16ClNO2S2/c12-7-6-10-4-1-2-8-13(10)17(14,15)11-5-3-9-16-11/h3,5,9-10H,1-2,4,6-8H2. The Bertz CT molecular complexity index is 442. The molecule has 0 amide bonds. The number of nitrogens with zero attached hydrogens (tertiary/aromatic N) is 1. The molecule has 0 radical (unpaired) electrons. The van der Waals surface area contributed by atoms with E-state index in [1.165, 1.54) is 11.3 Å². The predicted octanol–water partition coefficient (Wildman–Crippen LogP) is 2.92. The number of hydrogen-bond donors (Lipinski definition) is 0. The van der Waals surface area contributed by atoms with E-state index in [-0.39, 0.29) is 6.04 Å². The fraction of sp³-hybridized carbons (Fsp3) is 0.636. The van der Waals surface area contributed by atoms with Crippen molar-refractivity contribution in [2.45, 2.75) is 35.9 Å². The van der Waals surface area contributed by atoms with E-state index in [1.807, 2.05) is 0 Å². The number of halogens is 1. The van der Waals surface area contributed by atoms with Crippen LogP contribution in [0.5, 0.6) is 0 Å². The lowest BCUT2D eigenvalue weighted by molar-refractivity contribution is 0.248. The highest BCUT2D eigenvalue weighted by Crippen LogP contribution is 2.29. The molecule has 0 N–H and O–H groups in total. The molecule has 3 nitrogen and oxygen atoms in total. The summed E-state index contributed by atoms with van der Waals surface area (Å²) in [6, 6.07) is 3.53. The molecule has 1 aromatic heterocycles. The van der Waals surface area contributed by atoms with Crippen LogP contribution in [0, 0.1) is 0 Å². The number of hydrogen-bond acceptors (Lipinski definition) is 3. The SMILES string of the molecule is O=S(=O)(c1cccs1)N1CCCCC1CCCl. The van der Waals surface area contributed by atoms with Crippen LogP contribution in [-0.2, 0) is 10.0 Å². The highest BCUT2D eigenvalue weighted by atomic mass is 35.5. The zero-order valence-corrected chi connectivity index (χ0v) is 11.9. The van der Waals surface area contributed by atoms with Crippen molar-refractivity contribution in [2.24, 2.45) is 0 Å². The smallest absolute Gasteiger partial charge is 0.206 e. The van der Waals surface area contributed by atoms with Gasteiger partial charge in [0.05, 0.1) is 0 Å². The van der Waals surface area contributed by atoms with Gasteiger partial charge >= 0.3 is 0 Å². The van der Waals surface area contributed by atoms with Gasteiger partial charge in [-0.25, -0.2) is 8.42 Å². The average Bonchev–Trinajstić information content (AvgIpc) is 2.84. The number of piperidine rings is 1. The lowest BCUT2D eigenvalue weighted by Crippen LogP contribution is -2.43. The van der Waals surface area contributed by atoms with Crippen LogP contribution in [0.4, 0.5) is 0 Å². The maximum Gasteiger partial charge on any atom is 0.252 e. The van der Waals surface area contributed by atoms with Crippen molar-refractivity contribution in [2.75, 3.05) is 12.4 Å². The van der Waals surface area contributed by atoms with Gasteiger partial charge in [-0.1, -0.05) is 12.5 Å². The lowest BCUT2D eigenvalue weighted by atomic mass is 10.0. The van der Waals surface area contributed by atoms with E-state index < -0.39 is 10.0 Å². The zero-order chi connectivity index (χ0) is 12.3. The molecule has 1 unspecified atom stereocenters. The third-order valence-corrected chi connectivity index (χ3v) is 6.62. The number of rotatable bonds is 4. The average molecular weight is 294 g/mol. The minimum Gasteiger partial charge on any atom is -0.206 e. The van der Waals surface area contributed by atoms with E-state index in [0.717, 1.165) is 25.7 Å². The molecule has 0 aliphatic carbocycles. The third-order valence-electron chi connectivity index (χ3n) is 3.07. The molecule has 0 saturated carbocycles. The summed E-state index contributed by atoms with van der Waals surface area (Å²) >= 11 is 7.04. The van der Waals surface area contributed by atoms with Crippen LogP contribution in [0.25, 0.3) is 0 Å². The van der Waals surface area contributed by atoms with E-state index in [4.69, 9.17) is 11.6 Å². The molecule has 0 bridgehead atoms. The van der Waals surface area contributed by atoms with Gasteiger partial charge in [0.2, 0.25) is 0 Å². The summed E-state index contributed by atoms with van der Waals surface area (Å²) in [4.78, 5) is 0. The maximum atomic E-state index is 12.4. The molecule has 0 spiro atoms. The summed E-state index contributed by atoms with van der Waals surface area (Å²) in [6.07, 6.45) is 3.71. The molecule has 2 heterocycles. The first-order chi connectivity index (χ1) is 8.16. The first-order valence-corrected chi connectivity index (χ1v) is 8.63. The van der Waals surface area contributed by atoms with Crippen molar-refractivity contribution in [1.82, 2.24) is 4.31 Å². The Morgan fingerprint density at radius 2 is 2.29 bits per heavy atom. The van der Waals surface area contributed by atoms with Gasteiger partial charge in [-0.3, -0.25) is 0 Å². The van der Waals surface area contributed by atoms with E-state index in [1.54, 1.807) is 21.8 Å². The second-order valence-corrected chi connectivity index (χ2v) is 7.62. The fourth-order valence-corrected chi connectivity index (χ4v) is 5.33. The second-order valence-electron chi connectivity index (χ2n) is 4.18. The molecule has 6 heteroatoms. The summed E-state index contributed by atoms with van der Waals surface area (Å²) in [5.74, 6) is 0.515. The Labute approximate surface area is 111 Å². The summed E-state index contributed by atoms with van der Waals surface area (Å²) in [5.41, 5.74) is 0. The van der Waals surface area contributed by atoms with E-state index in [2.05, 4.69) is 0 Å². The highest BCUT2D eigenvalue weighted by Gasteiger charge is 2.33. The van der Waals surface area contributed by atoms with Crippen LogP contribution < -0.4 is 0 Å². The van der Waals surface area contributed by atoms with Crippen LogP contribution in [0.1, 0.15) is 25.7 Å². The Hall–Kier alpha value is -0.100. The fourth-order valence-electron chi connectivity index (χ4n) is 2.23. The predicted molar refractivity (Wildman–Crippen MR) is 71.2 cm³/mol. The molecule has 1 aliphatic heterocycles. The molecule has 1 saturated heterocycles. The van der Waals surface area contributed by atoms with Crippen LogP contribution in [-0.4, -0.2) is 31.2 Å². The highest BCUT2D eigenvalue weighted by molar-refractivity contribution is 7.91. The van der Waals surface area contributed by atoms with Crippen LogP contribution in [0.3, 0.4) is 0 Å². The quantitative estimate of drug-likeness (QED) is 0.801. The molecular formula is C11H16ClNO2S2. The summed E-state index contributed by atoms with van der Waals surface area (Å²) < 4.78 is 26.9. The largest absolute Gasteiger partial charge is 0.252 e. The molecule has 1 aromatic rings. The second kappa shape index (κ2) is 5.69. The Morgan fingerprint density at radius 3 is 2.94 bits per heavy atom. The van der Waals surface area contributed by atoms with Gasteiger partial charge in [-0.05, 0) is 30.7 Å². The van der Waals surface area contributed by atoms with Gasteiger partial charge in [0.15, 0.2) is 0 Å². The maximum absolute atomic E-state index is 12.4. The third kappa shape index (κ3) is 2.84. The van der Waals surface area contributed by atoms with Crippen LogP contribution in [0.2, 0.25) is 0 Å². The van der Waals surface area contributed by atoms with E-state index in [9.17, 15) is 8.42 Å². The lowest BCUT2D eigenvalue weighted by Gasteiger charge is -2.33. The number of thiophene rings is 1. The first-order valence-electron chi connectivity index (χ1n) is 5.77. The van der Waals surface area contributed by atoms with Crippen molar-refractivity contribution >= 4 is 33.0 Å². The molecule has 17 heavy (non-hydrogen) atoms. The Balaban J connectivity index is 2.24. The minimum atomic E-state index is -3.30. The minimum absolute atomic E-state index is 0.0772. The van der Waals surface area contributed by atoms with Crippen molar-refractivity contribution in [1.29, 1.82) is 0 Å². The van der Waals surface area contributed by atoms with Gasteiger partial charge in [0.1, 0.15) is 4.21 Å². The van der Waals surface area contributed by atoms with Gasteiger partial charge in [0.25, 0.3) is 10.0 Å². The van der Waals surface area contributed by atoms with Gasteiger partial charge in [-0.15, -0.1) is 22.9 Å². The van der Waals surface area contributed by atoms with Crippen LogP contribution in [0.15, 0.2) is 21.7 Å². The van der Waals surface area contributed by atoms with Gasteiger partial charge in [0, 0.05) is 18.5 Å². The monoisotopic (exact) mass is 293 g/mol. The number of alkyl halides is 1. The first kappa shape index (κ1) is 13.3. The molecule has 0 aromatic carbocycles. The number of sulfonamides is 1. The summed E-state index contributed by atoms with van der Waals surface area (Å²) in [7, 11) is -3.30. The van der Waals surface area contributed by atoms with E-state index in [0.29, 0.717) is 16.6 Å². The van der Waals surface area contributed by atoms with Gasteiger partial charge in [-0.2, -0.15) is 4.31 Å². The van der Waals surface area contributed by atoms with Crippen molar-refractivity contribution in [3.8, 4) is 0 Å². The molecular weight excluding hydrogens is 278 g/mol. The topological polar surface area (TPSA) is 37.4 Å². The molecule has 1 atom stereocenters. The molecule has 1 fully saturated rings. The van der Waals surface area contributed by atoms with Gasteiger partial charge < -0.3 is 0 Å². The normalized spacial score (nSPS) is 22.8. The molecule has 1 aliphatic rings. The van der Waals surface area contributed by atoms with Crippen molar-refractivity contribution < 1.29 is 8.42 Å². The summed E-state index contributed by atoms with van der Waals surface area (Å²) in [6.45, 7) is 0.627.